The second-order valence-electron chi connectivity index (χ2n) is 7.88. The molecule has 1 aliphatic rings. The third-order valence-electron chi connectivity index (χ3n) is 5.74. The van der Waals surface area contributed by atoms with Gasteiger partial charge in [0.2, 0.25) is 0 Å². The number of hydrogen-bond acceptors (Lipinski definition) is 6. The van der Waals surface area contributed by atoms with E-state index in [2.05, 4.69) is 32.5 Å². The summed E-state index contributed by atoms with van der Waals surface area (Å²) in [6, 6.07) is 6.11. The molecule has 3 aromatic rings. The highest BCUT2D eigenvalue weighted by molar-refractivity contribution is 7.80. The van der Waals surface area contributed by atoms with Crippen LogP contribution in [-0.4, -0.2) is 34.1 Å². The molecule has 0 unspecified atom stereocenters. The molecule has 0 saturated heterocycles. The van der Waals surface area contributed by atoms with E-state index in [0.29, 0.717) is 22.0 Å². The molecule has 1 fully saturated rings. The summed E-state index contributed by atoms with van der Waals surface area (Å²) < 4.78 is 0. The molecule has 0 spiro atoms. The van der Waals surface area contributed by atoms with E-state index >= 15 is 0 Å². The van der Waals surface area contributed by atoms with Crippen molar-refractivity contribution in [2.75, 3.05) is 17.3 Å². The molecule has 1 amide bonds. The normalized spacial score (nSPS) is 14.4. The molecule has 0 aliphatic heterocycles. The van der Waals surface area contributed by atoms with Crippen LogP contribution in [0.25, 0.3) is 11.0 Å². The monoisotopic (exact) mass is 455 g/mol. The van der Waals surface area contributed by atoms with Gasteiger partial charge >= 0.3 is 0 Å². The van der Waals surface area contributed by atoms with Crippen molar-refractivity contribution in [3.63, 3.8) is 0 Å². The van der Waals surface area contributed by atoms with Gasteiger partial charge < -0.3 is 15.2 Å². The van der Waals surface area contributed by atoms with Crippen LogP contribution >= 0.6 is 23.6 Å². The molecule has 31 heavy (non-hydrogen) atoms. The van der Waals surface area contributed by atoms with Gasteiger partial charge in [0.05, 0.1) is 33.5 Å². The minimum Gasteiger partial charge on any atom is -0.370 e. The second-order valence-corrected chi connectivity index (χ2v) is 9.20. The van der Waals surface area contributed by atoms with E-state index in [1.165, 1.54) is 36.8 Å². The lowest BCUT2D eigenvalue weighted by molar-refractivity contribution is 0.0981. The van der Waals surface area contributed by atoms with Gasteiger partial charge in [-0.3, -0.25) is 14.9 Å². The average molecular weight is 456 g/mol. The molecule has 4 rings (SSSR count). The number of carbonyl (C=O) groups is 1. The molecule has 1 saturated carbocycles. The Labute approximate surface area is 189 Å². The molecule has 0 radical (unpaired) electrons. The number of nitrogens with one attached hydrogen (secondary N) is 3. The first-order valence-electron chi connectivity index (χ1n) is 10.3. The highest BCUT2D eigenvalue weighted by Crippen LogP contribution is 2.33. The number of thiocarbonyl (C=S) groups is 1. The minimum atomic E-state index is -0.268. The van der Waals surface area contributed by atoms with Crippen molar-refractivity contribution < 1.29 is 4.79 Å². The van der Waals surface area contributed by atoms with Gasteiger partial charge in [-0.25, -0.2) is 4.98 Å². The van der Waals surface area contributed by atoms with E-state index in [4.69, 9.17) is 12.2 Å². The number of hydrogen-bond donors (Lipinski definition) is 3. The zero-order chi connectivity index (χ0) is 22.0. The molecule has 162 valence electrons. The first-order chi connectivity index (χ1) is 14.9. The van der Waals surface area contributed by atoms with Crippen molar-refractivity contribution in [1.82, 2.24) is 15.3 Å². The molecule has 7 nitrogen and oxygen atoms in total. The molecular formula is C22H25N5O2S2. The lowest BCUT2D eigenvalue weighted by Crippen LogP contribution is -2.36. The zero-order valence-corrected chi connectivity index (χ0v) is 19.2. The van der Waals surface area contributed by atoms with Gasteiger partial charge in [0, 0.05) is 13.1 Å². The predicted octanol–water partition coefficient (Wildman–Crippen LogP) is 4.19. The van der Waals surface area contributed by atoms with Crippen molar-refractivity contribution in [3.05, 3.63) is 50.6 Å². The average Bonchev–Trinajstić information content (AvgIpc) is 3.19. The van der Waals surface area contributed by atoms with Gasteiger partial charge in [0.1, 0.15) is 0 Å². The Morgan fingerprint density at radius 1 is 1.29 bits per heavy atom. The number of H-pyrrole nitrogens is 1. The van der Waals surface area contributed by atoms with Crippen LogP contribution in [0.1, 0.15) is 47.3 Å². The predicted molar refractivity (Wildman–Crippen MR) is 130 cm³/mol. The maximum atomic E-state index is 12.6. The summed E-state index contributed by atoms with van der Waals surface area (Å²) in [5.74, 6) is -0.233. The van der Waals surface area contributed by atoms with Crippen LogP contribution in [0.4, 0.5) is 11.4 Å². The Balaban J connectivity index is 1.63. The number of carbonyl (C=O) groups excluding carboxylic acids is 1. The maximum absolute atomic E-state index is 12.6. The van der Waals surface area contributed by atoms with Crippen LogP contribution < -0.4 is 21.1 Å². The zero-order valence-electron chi connectivity index (χ0n) is 17.5. The lowest BCUT2D eigenvalue weighted by atomic mass is 9.94. The number of rotatable bonds is 4. The highest BCUT2D eigenvalue weighted by atomic mass is 32.1. The molecule has 0 atom stereocenters. The van der Waals surface area contributed by atoms with Gasteiger partial charge in [-0.1, -0.05) is 19.3 Å². The van der Waals surface area contributed by atoms with Crippen LogP contribution in [0.3, 0.4) is 0 Å². The van der Waals surface area contributed by atoms with Crippen molar-refractivity contribution in [3.8, 4) is 0 Å². The number of nitrogens with zero attached hydrogens (tertiary/aromatic N) is 2. The number of thiophene rings is 1. The smallest absolute Gasteiger partial charge is 0.267 e. The number of aromatic amines is 1. The van der Waals surface area contributed by atoms with Crippen LogP contribution in [0.15, 0.2) is 34.6 Å². The van der Waals surface area contributed by atoms with Gasteiger partial charge in [-0.05, 0) is 61.1 Å². The lowest BCUT2D eigenvalue weighted by Gasteiger charge is -2.34. The maximum Gasteiger partial charge on any atom is 0.267 e. The van der Waals surface area contributed by atoms with E-state index in [1.807, 2.05) is 30.5 Å². The molecule has 9 heteroatoms. The quantitative estimate of drug-likeness (QED) is 0.511. The molecular weight excluding hydrogens is 430 g/mol. The van der Waals surface area contributed by atoms with Crippen LogP contribution in [0.2, 0.25) is 0 Å². The molecule has 0 bridgehead atoms. The number of fused-ring (bicyclic) bond motifs is 1. The van der Waals surface area contributed by atoms with Crippen molar-refractivity contribution in [2.24, 2.45) is 0 Å². The summed E-state index contributed by atoms with van der Waals surface area (Å²) >= 11 is 6.82. The summed E-state index contributed by atoms with van der Waals surface area (Å²) in [7, 11) is 2.07. The number of aromatic nitrogens is 2. The summed E-state index contributed by atoms with van der Waals surface area (Å²) in [4.78, 5) is 34.3. The van der Waals surface area contributed by atoms with Gasteiger partial charge in [0.25, 0.3) is 11.5 Å². The molecule has 1 aromatic carbocycles. The Bertz CT molecular complexity index is 1180. The summed E-state index contributed by atoms with van der Waals surface area (Å²) in [6.07, 6.45) is 7.25. The summed E-state index contributed by atoms with van der Waals surface area (Å²) in [5, 5.41) is 8.02. The Kier molecular flexibility index (Phi) is 6.33. The van der Waals surface area contributed by atoms with Crippen molar-refractivity contribution in [1.29, 1.82) is 0 Å². The summed E-state index contributed by atoms with van der Waals surface area (Å²) in [6.45, 7) is 1.89. The number of aryl methyl sites for hydroxylation is 1. The third-order valence-corrected chi connectivity index (χ3v) is 6.96. The van der Waals surface area contributed by atoms with E-state index in [9.17, 15) is 9.59 Å². The Morgan fingerprint density at radius 3 is 2.77 bits per heavy atom. The molecule has 3 N–H and O–H groups in total. The number of benzene rings is 1. The Morgan fingerprint density at radius 2 is 2.06 bits per heavy atom. The van der Waals surface area contributed by atoms with Crippen molar-refractivity contribution in [2.45, 2.75) is 45.1 Å². The largest absolute Gasteiger partial charge is 0.370 e. The van der Waals surface area contributed by atoms with E-state index in [-0.39, 0.29) is 16.6 Å². The fraction of sp³-hybridized carbons (Fsp3) is 0.364. The molecule has 2 heterocycles. The molecule has 1 aliphatic carbocycles. The second kappa shape index (κ2) is 9.15. The summed E-state index contributed by atoms with van der Waals surface area (Å²) in [5.41, 5.74) is 3.61. The number of anilines is 2. The minimum absolute atomic E-state index is 0.210. The van der Waals surface area contributed by atoms with Gasteiger partial charge in [-0.15, -0.1) is 11.3 Å². The van der Waals surface area contributed by atoms with Crippen LogP contribution in [0.5, 0.6) is 0 Å². The molecule has 2 aromatic heterocycles. The van der Waals surface area contributed by atoms with Gasteiger partial charge in [-0.2, -0.15) is 0 Å². The number of amides is 1. The van der Waals surface area contributed by atoms with E-state index in [0.717, 1.165) is 29.8 Å². The highest BCUT2D eigenvalue weighted by Gasteiger charge is 2.22. The van der Waals surface area contributed by atoms with Gasteiger partial charge in [0.15, 0.2) is 5.11 Å². The van der Waals surface area contributed by atoms with E-state index in [1.54, 1.807) is 0 Å². The standard InChI is InChI=1S/C22H25N5O2S2/c1-13-8-9-31-20(13)21(29)26-22(30)25-17-10-16-15(23-12-19(28)24-16)11-18(17)27(2)14-6-4-3-5-7-14/h8-12,14H,3-7H2,1-2H3,(H,24,28)(H2,25,26,29,30). The SMILES string of the molecule is Cc1ccsc1C(=O)NC(=S)Nc1cc2[nH]c(=O)cnc2cc1N(C)C1CCCCC1. The Hall–Kier alpha value is -2.78. The fourth-order valence-corrected chi connectivity index (χ4v) is 5.08. The van der Waals surface area contributed by atoms with E-state index < -0.39 is 0 Å². The van der Waals surface area contributed by atoms with Crippen LogP contribution in [0, 0.1) is 6.92 Å². The van der Waals surface area contributed by atoms with Crippen molar-refractivity contribution >= 4 is 57.0 Å². The first kappa shape index (κ1) is 21.5. The fourth-order valence-electron chi connectivity index (χ4n) is 4.05. The first-order valence-corrected chi connectivity index (χ1v) is 11.6. The third kappa shape index (κ3) is 4.77. The van der Waals surface area contributed by atoms with Crippen LogP contribution in [-0.2, 0) is 0 Å². The topological polar surface area (TPSA) is 90.1 Å².